The Kier molecular flexibility index (Phi) is 5.32. The fourth-order valence-corrected chi connectivity index (χ4v) is 4.46. The zero-order valence-corrected chi connectivity index (χ0v) is 18.5. The standard InChI is InChI=1S/C21H26ClFN6O/c1-10(2)28-7-13(8-28)17-18(23)15(22)6-14(19(17)30-5)12(4)29-21-16(11(3)27-29)20(24)25-9-26-21/h6,9-10,12-13H,7-8H2,1-5H3,(H2,24,25,26)/t12-/m0/s1. The maximum absolute atomic E-state index is 15.1. The summed E-state index contributed by atoms with van der Waals surface area (Å²) in [7, 11) is 1.56. The third-order valence-corrected chi connectivity index (χ3v) is 6.27. The van der Waals surface area contributed by atoms with Crippen molar-refractivity contribution in [2.75, 3.05) is 25.9 Å². The van der Waals surface area contributed by atoms with E-state index in [4.69, 9.17) is 22.1 Å². The van der Waals surface area contributed by atoms with Crippen molar-refractivity contribution in [3.63, 3.8) is 0 Å². The zero-order valence-electron chi connectivity index (χ0n) is 17.8. The number of ether oxygens (including phenoxy) is 1. The maximum atomic E-state index is 15.1. The summed E-state index contributed by atoms with van der Waals surface area (Å²) in [6.45, 7) is 9.63. The van der Waals surface area contributed by atoms with Crippen LogP contribution in [0.5, 0.6) is 5.75 Å². The Labute approximate surface area is 180 Å². The first-order valence-electron chi connectivity index (χ1n) is 9.99. The van der Waals surface area contributed by atoms with Gasteiger partial charge in [0, 0.05) is 36.2 Å². The molecule has 0 bridgehead atoms. The molecule has 1 aliphatic heterocycles. The largest absolute Gasteiger partial charge is 0.496 e. The first-order chi connectivity index (χ1) is 14.2. The van der Waals surface area contributed by atoms with Gasteiger partial charge in [-0.3, -0.25) is 4.90 Å². The lowest BCUT2D eigenvalue weighted by Gasteiger charge is -2.43. The highest BCUT2D eigenvalue weighted by molar-refractivity contribution is 6.31. The smallest absolute Gasteiger partial charge is 0.164 e. The number of nitrogen functional groups attached to an aromatic ring is 1. The van der Waals surface area contributed by atoms with Gasteiger partial charge in [0.1, 0.15) is 23.7 Å². The van der Waals surface area contributed by atoms with E-state index in [0.29, 0.717) is 34.2 Å². The molecule has 1 atom stereocenters. The fourth-order valence-electron chi connectivity index (χ4n) is 4.24. The van der Waals surface area contributed by atoms with Crippen molar-refractivity contribution in [2.45, 2.75) is 45.7 Å². The first-order valence-corrected chi connectivity index (χ1v) is 10.4. The van der Waals surface area contributed by atoms with Crippen LogP contribution in [0.4, 0.5) is 10.2 Å². The van der Waals surface area contributed by atoms with Crippen LogP contribution in [-0.4, -0.2) is 50.9 Å². The van der Waals surface area contributed by atoms with E-state index in [9.17, 15) is 0 Å². The molecule has 1 aliphatic rings. The topological polar surface area (TPSA) is 82.1 Å². The normalized spacial score (nSPS) is 16.3. The lowest BCUT2D eigenvalue weighted by molar-refractivity contribution is 0.106. The monoisotopic (exact) mass is 432 g/mol. The van der Waals surface area contributed by atoms with E-state index < -0.39 is 5.82 Å². The molecule has 0 amide bonds. The Morgan fingerprint density at radius 2 is 1.97 bits per heavy atom. The Morgan fingerprint density at radius 3 is 2.60 bits per heavy atom. The minimum atomic E-state index is -0.411. The third-order valence-electron chi connectivity index (χ3n) is 6.00. The van der Waals surface area contributed by atoms with Gasteiger partial charge in [0.05, 0.1) is 29.3 Å². The molecule has 1 saturated heterocycles. The van der Waals surface area contributed by atoms with Gasteiger partial charge in [-0.2, -0.15) is 5.10 Å². The van der Waals surface area contributed by atoms with Crippen molar-refractivity contribution in [3.8, 4) is 5.75 Å². The highest BCUT2D eigenvalue weighted by atomic mass is 35.5. The molecule has 9 heteroatoms. The SMILES string of the molecule is COc1c([C@H](C)n2nc(C)c3c(N)ncnc32)cc(Cl)c(F)c1C1CN(C(C)C)C1. The maximum Gasteiger partial charge on any atom is 0.164 e. The van der Waals surface area contributed by atoms with Crippen LogP contribution < -0.4 is 10.5 Å². The van der Waals surface area contributed by atoms with E-state index in [1.54, 1.807) is 17.9 Å². The van der Waals surface area contributed by atoms with Gasteiger partial charge in [-0.1, -0.05) is 11.6 Å². The van der Waals surface area contributed by atoms with E-state index >= 15 is 4.39 Å². The molecule has 0 aliphatic carbocycles. The molecule has 0 radical (unpaired) electrons. The molecule has 0 saturated carbocycles. The molecule has 2 aromatic heterocycles. The van der Waals surface area contributed by atoms with Crippen LogP contribution in [0.2, 0.25) is 5.02 Å². The molecule has 3 aromatic rings. The highest BCUT2D eigenvalue weighted by Crippen LogP contribution is 2.43. The van der Waals surface area contributed by atoms with Crippen molar-refractivity contribution in [1.29, 1.82) is 0 Å². The van der Waals surface area contributed by atoms with E-state index in [-0.39, 0.29) is 17.0 Å². The minimum absolute atomic E-state index is 0.0288. The number of nitrogens with two attached hydrogens (primary N) is 1. The molecule has 7 nitrogen and oxygen atoms in total. The van der Waals surface area contributed by atoms with Crippen molar-refractivity contribution < 1.29 is 9.13 Å². The first kappa shape index (κ1) is 20.8. The average molecular weight is 433 g/mol. The van der Waals surface area contributed by atoms with Crippen LogP contribution >= 0.6 is 11.6 Å². The number of anilines is 1. The second kappa shape index (κ2) is 7.67. The van der Waals surface area contributed by atoms with Gasteiger partial charge in [-0.25, -0.2) is 19.0 Å². The number of halogens is 2. The summed E-state index contributed by atoms with van der Waals surface area (Å²) in [4.78, 5) is 10.7. The molecule has 0 spiro atoms. The average Bonchev–Trinajstić information content (AvgIpc) is 3.00. The summed E-state index contributed by atoms with van der Waals surface area (Å²) < 4.78 is 22.6. The molecule has 4 rings (SSSR count). The highest BCUT2D eigenvalue weighted by Gasteiger charge is 2.36. The number of hydrogen-bond donors (Lipinski definition) is 1. The number of rotatable bonds is 5. The predicted octanol–water partition coefficient (Wildman–Crippen LogP) is 3.93. The predicted molar refractivity (Wildman–Crippen MR) is 116 cm³/mol. The van der Waals surface area contributed by atoms with Crippen LogP contribution in [0, 0.1) is 12.7 Å². The Morgan fingerprint density at radius 1 is 1.27 bits per heavy atom. The molecule has 3 heterocycles. The number of hydrogen-bond acceptors (Lipinski definition) is 6. The van der Waals surface area contributed by atoms with Gasteiger partial charge < -0.3 is 10.5 Å². The lowest BCUT2D eigenvalue weighted by atomic mass is 9.87. The molecule has 160 valence electrons. The quantitative estimate of drug-likeness (QED) is 0.657. The van der Waals surface area contributed by atoms with Gasteiger partial charge in [0.2, 0.25) is 0 Å². The number of methoxy groups -OCH3 is 1. The third kappa shape index (κ3) is 3.18. The van der Waals surface area contributed by atoms with Gasteiger partial charge >= 0.3 is 0 Å². The van der Waals surface area contributed by atoms with E-state index in [1.165, 1.54) is 6.33 Å². The number of fused-ring (bicyclic) bond motifs is 1. The summed E-state index contributed by atoms with van der Waals surface area (Å²) in [6, 6.07) is 1.73. The van der Waals surface area contributed by atoms with Gasteiger partial charge in [-0.05, 0) is 33.8 Å². The van der Waals surface area contributed by atoms with Crippen molar-refractivity contribution >= 4 is 28.5 Å². The van der Waals surface area contributed by atoms with Crippen LogP contribution in [0.3, 0.4) is 0 Å². The van der Waals surface area contributed by atoms with Crippen LogP contribution in [0.1, 0.15) is 49.6 Å². The molecular formula is C21H26ClFN6O. The summed E-state index contributed by atoms with van der Waals surface area (Å²) in [5.74, 6) is 0.511. The molecule has 1 fully saturated rings. The lowest BCUT2D eigenvalue weighted by Crippen LogP contribution is -2.49. The van der Waals surface area contributed by atoms with Gasteiger partial charge in [-0.15, -0.1) is 0 Å². The van der Waals surface area contributed by atoms with Crippen LogP contribution in [-0.2, 0) is 0 Å². The van der Waals surface area contributed by atoms with E-state index in [0.717, 1.165) is 24.3 Å². The van der Waals surface area contributed by atoms with Crippen LogP contribution in [0.25, 0.3) is 11.0 Å². The Hall–Kier alpha value is -2.45. The summed E-state index contributed by atoms with van der Waals surface area (Å²) in [5, 5.41) is 5.42. The zero-order chi connectivity index (χ0) is 21.7. The molecule has 2 N–H and O–H groups in total. The second-order valence-electron chi connectivity index (χ2n) is 8.12. The summed E-state index contributed by atoms with van der Waals surface area (Å²) >= 11 is 6.33. The van der Waals surface area contributed by atoms with Crippen LogP contribution in [0.15, 0.2) is 12.4 Å². The number of likely N-dealkylation sites (tertiary alicyclic amines) is 1. The number of aromatic nitrogens is 4. The minimum Gasteiger partial charge on any atom is -0.496 e. The Balaban J connectivity index is 1.83. The van der Waals surface area contributed by atoms with Crippen molar-refractivity contribution in [3.05, 3.63) is 40.1 Å². The number of nitrogens with zero attached hydrogens (tertiary/aromatic N) is 5. The molecular weight excluding hydrogens is 407 g/mol. The fraction of sp³-hybridized carbons (Fsp3) is 0.476. The van der Waals surface area contributed by atoms with Crippen molar-refractivity contribution in [1.82, 2.24) is 24.6 Å². The van der Waals surface area contributed by atoms with Gasteiger partial charge in [0.25, 0.3) is 0 Å². The van der Waals surface area contributed by atoms with Crippen molar-refractivity contribution in [2.24, 2.45) is 0 Å². The molecule has 30 heavy (non-hydrogen) atoms. The van der Waals surface area contributed by atoms with Gasteiger partial charge in [0.15, 0.2) is 5.65 Å². The summed E-state index contributed by atoms with van der Waals surface area (Å²) in [6.07, 6.45) is 1.41. The number of aryl methyl sites for hydroxylation is 1. The number of benzene rings is 1. The second-order valence-corrected chi connectivity index (χ2v) is 8.52. The van der Waals surface area contributed by atoms with E-state index in [2.05, 4.69) is 33.8 Å². The molecule has 1 aromatic carbocycles. The Bertz CT molecular complexity index is 1110. The van der Waals surface area contributed by atoms with E-state index in [1.807, 2.05) is 13.8 Å². The summed E-state index contributed by atoms with van der Waals surface area (Å²) in [5.41, 5.74) is 8.67. The molecule has 0 unspecified atom stereocenters.